The van der Waals surface area contributed by atoms with E-state index in [2.05, 4.69) is 96.6 Å². The summed E-state index contributed by atoms with van der Waals surface area (Å²) in [5.74, 6) is 0. The molecule has 0 radical (unpaired) electrons. The van der Waals surface area contributed by atoms with Gasteiger partial charge in [0.15, 0.2) is 0 Å². The number of benzene rings is 3. The maximum absolute atomic E-state index is 4.07. The van der Waals surface area contributed by atoms with Crippen molar-refractivity contribution in [3.8, 4) is 0 Å². The molecule has 1 heterocycles. The lowest BCUT2D eigenvalue weighted by Gasteiger charge is -2.15. The van der Waals surface area contributed by atoms with Crippen molar-refractivity contribution in [3.63, 3.8) is 0 Å². The van der Waals surface area contributed by atoms with Crippen LogP contribution < -0.4 is 5.32 Å². The average Bonchev–Trinajstić information content (AvgIpc) is 3.08. The molecule has 0 saturated heterocycles. The molecule has 2 nitrogen and oxygen atoms in total. The largest absolute Gasteiger partial charge is 0.355 e. The van der Waals surface area contributed by atoms with Crippen molar-refractivity contribution in [1.82, 2.24) is 4.98 Å². The number of anilines is 1. The predicted octanol–water partition coefficient (Wildman–Crippen LogP) is 7.21. The SMILES string of the molecule is C=C/C(=C(\C=C/C)Nc1ccc2[nH]c3ccccc3c2c1)c1ccccc1C. The van der Waals surface area contributed by atoms with Crippen molar-refractivity contribution < 1.29 is 0 Å². The molecule has 28 heavy (non-hydrogen) atoms. The molecule has 0 atom stereocenters. The Labute approximate surface area is 165 Å². The van der Waals surface area contributed by atoms with Crippen molar-refractivity contribution in [2.24, 2.45) is 0 Å². The topological polar surface area (TPSA) is 27.8 Å². The maximum atomic E-state index is 4.07. The van der Waals surface area contributed by atoms with Gasteiger partial charge in [0.1, 0.15) is 0 Å². The molecular weight excluding hydrogens is 340 g/mol. The Bertz CT molecular complexity index is 1220. The summed E-state index contributed by atoms with van der Waals surface area (Å²) in [6, 6.07) is 23.2. The van der Waals surface area contributed by atoms with Crippen LogP contribution in [0.15, 0.2) is 97.2 Å². The molecule has 0 saturated carbocycles. The lowest BCUT2D eigenvalue weighted by Crippen LogP contribution is -2.01. The maximum Gasteiger partial charge on any atom is 0.0466 e. The van der Waals surface area contributed by atoms with Gasteiger partial charge in [-0.3, -0.25) is 0 Å². The highest BCUT2D eigenvalue weighted by atomic mass is 14.9. The monoisotopic (exact) mass is 364 g/mol. The average molecular weight is 364 g/mol. The zero-order chi connectivity index (χ0) is 19.5. The summed E-state index contributed by atoms with van der Waals surface area (Å²) in [6.07, 6.45) is 6.08. The van der Waals surface area contributed by atoms with Gasteiger partial charge in [-0.15, -0.1) is 0 Å². The normalized spacial score (nSPS) is 12.5. The molecule has 0 aliphatic rings. The number of aromatic nitrogens is 1. The van der Waals surface area contributed by atoms with Gasteiger partial charge >= 0.3 is 0 Å². The highest BCUT2D eigenvalue weighted by Crippen LogP contribution is 2.30. The number of aromatic amines is 1. The number of para-hydroxylation sites is 1. The van der Waals surface area contributed by atoms with E-state index in [0.29, 0.717) is 0 Å². The van der Waals surface area contributed by atoms with E-state index in [1.54, 1.807) is 0 Å². The molecule has 0 aliphatic carbocycles. The lowest BCUT2D eigenvalue weighted by molar-refractivity contribution is 1.40. The van der Waals surface area contributed by atoms with Gasteiger partial charge in [-0.1, -0.05) is 61.2 Å². The van der Waals surface area contributed by atoms with Crippen LogP contribution in [0.25, 0.3) is 27.4 Å². The summed E-state index contributed by atoms with van der Waals surface area (Å²) in [5, 5.41) is 6.07. The Morgan fingerprint density at radius 3 is 2.46 bits per heavy atom. The fourth-order valence-electron chi connectivity index (χ4n) is 3.69. The van der Waals surface area contributed by atoms with E-state index in [1.807, 2.05) is 19.1 Å². The number of nitrogens with one attached hydrogen (secondary N) is 2. The van der Waals surface area contributed by atoms with Crippen molar-refractivity contribution in [2.45, 2.75) is 13.8 Å². The fourth-order valence-corrected chi connectivity index (χ4v) is 3.69. The van der Waals surface area contributed by atoms with Gasteiger partial charge < -0.3 is 10.3 Å². The summed E-state index contributed by atoms with van der Waals surface area (Å²) < 4.78 is 0. The van der Waals surface area contributed by atoms with E-state index in [1.165, 1.54) is 21.9 Å². The van der Waals surface area contributed by atoms with E-state index in [9.17, 15) is 0 Å². The first-order valence-corrected chi connectivity index (χ1v) is 9.54. The molecule has 4 rings (SSSR count). The summed E-state index contributed by atoms with van der Waals surface area (Å²) in [6.45, 7) is 8.23. The van der Waals surface area contributed by atoms with Gasteiger partial charge in [-0.2, -0.15) is 0 Å². The zero-order valence-corrected chi connectivity index (χ0v) is 16.3. The second-order valence-corrected chi connectivity index (χ2v) is 6.90. The Balaban J connectivity index is 1.82. The molecule has 2 N–H and O–H groups in total. The Morgan fingerprint density at radius 2 is 1.68 bits per heavy atom. The van der Waals surface area contributed by atoms with E-state index in [0.717, 1.165) is 28.0 Å². The van der Waals surface area contributed by atoms with E-state index >= 15 is 0 Å². The summed E-state index contributed by atoms with van der Waals surface area (Å²) in [5.41, 5.74) is 7.90. The van der Waals surface area contributed by atoms with Crippen molar-refractivity contribution in [3.05, 3.63) is 108 Å². The second-order valence-electron chi connectivity index (χ2n) is 6.90. The van der Waals surface area contributed by atoms with E-state index in [4.69, 9.17) is 0 Å². The molecule has 0 amide bonds. The summed E-state index contributed by atoms with van der Waals surface area (Å²) in [4.78, 5) is 3.48. The fraction of sp³-hybridized carbons (Fsp3) is 0.0769. The smallest absolute Gasteiger partial charge is 0.0466 e. The minimum absolute atomic E-state index is 1.03. The van der Waals surface area contributed by atoms with Gasteiger partial charge in [0, 0.05) is 38.8 Å². The first-order chi connectivity index (χ1) is 13.7. The first-order valence-electron chi connectivity index (χ1n) is 9.54. The first kappa shape index (κ1) is 17.9. The molecule has 3 aromatic carbocycles. The number of hydrogen-bond donors (Lipinski definition) is 2. The van der Waals surface area contributed by atoms with Crippen LogP contribution in [0.5, 0.6) is 0 Å². The third kappa shape index (κ3) is 3.25. The highest BCUT2D eigenvalue weighted by molar-refractivity contribution is 6.08. The minimum atomic E-state index is 1.03. The molecule has 0 unspecified atom stereocenters. The third-order valence-corrected chi connectivity index (χ3v) is 5.05. The van der Waals surface area contributed by atoms with Crippen molar-refractivity contribution >= 4 is 33.1 Å². The van der Waals surface area contributed by atoms with Crippen LogP contribution in [0.3, 0.4) is 0 Å². The quantitative estimate of drug-likeness (QED) is 0.360. The van der Waals surface area contributed by atoms with Gasteiger partial charge in [0.25, 0.3) is 0 Å². The van der Waals surface area contributed by atoms with Crippen LogP contribution in [0, 0.1) is 6.92 Å². The van der Waals surface area contributed by atoms with Crippen molar-refractivity contribution in [2.75, 3.05) is 5.32 Å². The number of fused-ring (bicyclic) bond motifs is 3. The van der Waals surface area contributed by atoms with Crippen LogP contribution in [-0.2, 0) is 0 Å². The number of allylic oxidation sites excluding steroid dienone is 4. The van der Waals surface area contributed by atoms with Crippen LogP contribution in [0.1, 0.15) is 18.1 Å². The zero-order valence-electron chi connectivity index (χ0n) is 16.3. The molecular formula is C26H24N2. The molecule has 2 heteroatoms. The van der Waals surface area contributed by atoms with Gasteiger partial charge in [-0.05, 0) is 55.3 Å². The van der Waals surface area contributed by atoms with Gasteiger partial charge in [0.2, 0.25) is 0 Å². The number of aryl methyl sites for hydroxylation is 1. The Morgan fingerprint density at radius 1 is 0.929 bits per heavy atom. The van der Waals surface area contributed by atoms with E-state index in [-0.39, 0.29) is 0 Å². The minimum Gasteiger partial charge on any atom is -0.355 e. The van der Waals surface area contributed by atoms with E-state index < -0.39 is 0 Å². The van der Waals surface area contributed by atoms with Crippen molar-refractivity contribution in [1.29, 1.82) is 0 Å². The molecule has 0 aliphatic heterocycles. The standard InChI is InChI=1S/C26H24N2/c1-4-10-24(20(5-2)21-12-7-6-11-18(21)3)27-19-15-16-26-23(17-19)22-13-8-9-14-25(22)28-26/h4-17,27-28H,2H2,1,3H3/b10-4-,24-20-. The molecule has 1 aromatic heterocycles. The van der Waals surface area contributed by atoms with Crippen LogP contribution in [-0.4, -0.2) is 4.98 Å². The molecule has 138 valence electrons. The Kier molecular flexibility index (Phi) is 4.86. The number of hydrogen-bond acceptors (Lipinski definition) is 1. The summed E-state index contributed by atoms with van der Waals surface area (Å²) in [7, 11) is 0. The molecule has 0 fully saturated rings. The number of rotatable bonds is 5. The van der Waals surface area contributed by atoms with Gasteiger partial charge in [0.05, 0.1) is 0 Å². The van der Waals surface area contributed by atoms with Crippen LogP contribution in [0.4, 0.5) is 5.69 Å². The summed E-state index contributed by atoms with van der Waals surface area (Å²) >= 11 is 0. The lowest BCUT2D eigenvalue weighted by atomic mass is 9.98. The van der Waals surface area contributed by atoms with Gasteiger partial charge in [-0.25, -0.2) is 0 Å². The highest BCUT2D eigenvalue weighted by Gasteiger charge is 2.09. The molecule has 0 bridgehead atoms. The van der Waals surface area contributed by atoms with Crippen LogP contribution in [0.2, 0.25) is 0 Å². The molecule has 0 spiro atoms. The van der Waals surface area contributed by atoms with Crippen LogP contribution >= 0.6 is 0 Å². The third-order valence-electron chi connectivity index (χ3n) is 5.05. The molecule has 4 aromatic rings. The number of H-pyrrole nitrogens is 1. The predicted molar refractivity (Wildman–Crippen MR) is 123 cm³/mol. The Hall–Kier alpha value is -3.52. The second kappa shape index (κ2) is 7.61.